The van der Waals surface area contributed by atoms with Gasteiger partial charge in [-0.3, -0.25) is 9.59 Å². The zero-order valence-electron chi connectivity index (χ0n) is 14.9. The van der Waals surface area contributed by atoms with Gasteiger partial charge in [0, 0.05) is 43.2 Å². The van der Waals surface area contributed by atoms with Crippen LogP contribution in [-0.4, -0.2) is 41.3 Å². The van der Waals surface area contributed by atoms with Crippen molar-refractivity contribution in [1.82, 2.24) is 15.2 Å². The van der Waals surface area contributed by atoms with Crippen molar-refractivity contribution < 1.29 is 9.59 Å². The number of aromatic amines is 1. The van der Waals surface area contributed by atoms with Crippen molar-refractivity contribution in [2.45, 2.75) is 39.0 Å². The molecule has 1 unspecified atom stereocenters. The van der Waals surface area contributed by atoms with Gasteiger partial charge in [0.05, 0.1) is 5.92 Å². The van der Waals surface area contributed by atoms with Crippen molar-refractivity contribution in [3.63, 3.8) is 0 Å². The number of aromatic nitrogens is 1. The number of benzene rings is 1. The highest BCUT2D eigenvalue weighted by Gasteiger charge is 2.33. The lowest BCUT2D eigenvalue weighted by atomic mass is 10.1. The van der Waals surface area contributed by atoms with E-state index in [-0.39, 0.29) is 17.7 Å². The molecule has 2 aromatic rings. The number of unbranched alkanes of at least 4 members (excludes halogenated alkanes) is 2. The van der Waals surface area contributed by atoms with Gasteiger partial charge in [-0.1, -0.05) is 38.0 Å². The molecule has 0 bridgehead atoms. The fourth-order valence-corrected chi connectivity index (χ4v) is 3.49. The minimum Gasteiger partial charge on any atom is -0.361 e. The molecule has 5 heteroatoms. The average molecular weight is 341 g/mol. The lowest BCUT2D eigenvalue weighted by Crippen LogP contribution is -2.34. The summed E-state index contributed by atoms with van der Waals surface area (Å²) in [6.07, 6.45) is 6.43. The highest BCUT2D eigenvalue weighted by atomic mass is 16.2. The van der Waals surface area contributed by atoms with Crippen LogP contribution in [0.25, 0.3) is 10.9 Å². The molecular weight excluding hydrogens is 314 g/mol. The molecule has 0 aliphatic carbocycles. The molecule has 2 N–H and O–H groups in total. The Morgan fingerprint density at radius 3 is 3.00 bits per heavy atom. The van der Waals surface area contributed by atoms with Gasteiger partial charge in [-0.15, -0.1) is 0 Å². The third-order valence-electron chi connectivity index (χ3n) is 4.99. The summed E-state index contributed by atoms with van der Waals surface area (Å²) in [7, 11) is 0. The monoisotopic (exact) mass is 341 g/mol. The Bertz CT molecular complexity index is 737. The summed E-state index contributed by atoms with van der Waals surface area (Å²) in [4.78, 5) is 29.5. The van der Waals surface area contributed by atoms with Crippen LogP contribution in [0.15, 0.2) is 30.5 Å². The SMILES string of the molecule is CCCCCNC(=O)C1CC(=O)N(CCc2c[nH]c3ccccc23)C1. The third kappa shape index (κ3) is 4.21. The summed E-state index contributed by atoms with van der Waals surface area (Å²) in [5.41, 5.74) is 2.34. The van der Waals surface area contributed by atoms with E-state index in [1.54, 1.807) is 0 Å². The first kappa shape index (κ1) is 17.5. The maximum absolute atomic E-state index is 12.2. The quantitative estimate of drug-likeness (QED) is 0.725. The van der Waals surface area contributed by atoms with Crippen LogP contribution in [0.4, 0.5) is 0 Å². The number of para-hydroxylation sites is 1. The standard InChI is InChI=1S/C20H27N3O2/c1-2-3-6-10-21-20(25)16-12-19(24)23(14-16)11-9-15-13-22-18-8-5-4-7-17(15)18/h4-5,7-8,13,16,22H,2-3,6,9-12,14H2,1H3,(H,21,25). The number of nitrogens with zero attached hydrogens (tertiary/aromatic N) is 1. The molecule has 5 nitrogen and oxygen atoms in total. The Hall–Kier alpha value is -2.30. The van der Waals surface area contributed by atoms with Gasteiger partial charge in [0.15, 0.2) is 0 Å². The number of H-pyrrole nitrogens is 1. The molecule has 0 spiro atoms. The number of likely N-dealkylation sites (tertiary alicyclic amines) is 1. The van der Waals surface area contributed by atoms with Crippen molar-refractivity contribution in [3.8, 4) is 0 Å². The van der Waals surface area contributed by atoms with Gasteiger partial charge in [-0.2, -0.15) is 0 Å². The minimum atomic E-state index is -0.197. The minimum absolute atomic E-state index is 0.0269. The molecule has 25 heavy (non-hydrogen) atoms. The van der Waals surface area contributed by atoms with E-state index in [1.165, 1.54) is 10.9 Å². The molecule has 2 amide bonds. The van der Waals surface area contributed by atoms with Crippen LogP contribution >= 0.6 is 0 Å². The highest BCUT2D eigenvalue weighted by Crippen LogP contribution is 2.21. The van der Waals surface area contributed by atoms with E-state index in [4.69, 9.17) is 0 Å². The Kier molecular flexibility index (Phi) is 5.74. The smallest absolute Gasteiger partial charge is 0.225 e. The first-order chi connectivity index (χ1) is 12.2. The maximum atomic E-state index is 12.2. The highest BCUT2D eigenvalue weighted by molar-refractivity contribution is 5.89. The molecule has 1 aliphatic rings. The lowest BCUT2D eigenvalue weighted by Gasteiger charge is -2.16. The van der Waals surface area contributed by atoms with E-state index in [9.17, 15) is 9.59 Å². The van der Waals surface area contributed by atoms with Gasteiger partial charge in [0.2, 0.25) is 11.8 Å². The van der Waals surface area contributed by atoms with Crippen molar-refractivity contribution in [2.75, 3.05) is 19.6 Å². The molecule has 134 valence electrons. The number of carbonyl (C=O) groups is 2. The van der Waals surface area contributed by atoms with E-state index >= 15 is 0 Å². The van der Waals surface area contributed by atoms with Gasteiger partial charge >= 0.3 is 0 Å². The fourth-order valence-electron chi connectivity index (χ4n) is 3.49. The van der Waals surface area contributed by atoms with Crippen LogP contribution in [0.5, 0.6) is 0 Å². The van der Waals surface area contributed by atoms with Crippen LogP contribution in [-0.2, 0) is 16.0 Å². The summed E-state index contributed by atoms with van der Waals surface area (Å²) < 4.78 is 0. The number of amides is 2. The molecular formula is C20H27N3O2. The second kappa shape index (κ2) is 8.19. The third-order valence-corrected chi connectivity index (χ3v) is 4.99. The summed E-state index contributed by atoms with van der Waals surface area (Å²) in [6, 6.07) is 8.19. The molecule has 3 rings (SSSR count). The Morgan fingerprint density at radius 1 is 1.32 bits per heavy atom. The maximum Gasteiger partial charge on any atom is 0.225 e. The molecule has 1 aromatic carbocycles. The Labute approximate surface area is 148 Å². The zero-order chi connectivity index (χ0) is 17.6. The van der Waals surface area contributed by atoms with Crippen molar-refractivity contribution in [3.05, 3.63) is 36.0 Å². The second-order valence-electron chi connectivity index (χ2n) is 6.85. The molecule has 1 aromatic heterocycles. The largest absolute Gasteiger partial charge is 0.361 e. The molecule has 1 saturated heterocycles. The number of carbonyl (C=O) groups excluding carboxylic acids is 2. The average Bonchev–Trinajstić information content (AvgIpc) is 3.20. The van der Waals surface area contributed by atoms with Crippen LogP contribution in [0.3, 0.4) is 0 Å². The van der Waals surface area contributed by atoms with Gasteiger partial charge in [0.1, 0.15) is 0 Å². The van der Waals surface area contributed by atoms with Crippen LogP contribution in [0, 0.1) is 5.92 Å². The Balaban J connectivity index is 1.50. The molecule has 2 heterocycles. The normalized spacial score (nSPS) is 17.4. The molecule has 1 atom stereocenters. The van der Waals surface area contributed by atoms with Crippen molar-refractivity contribution >= 4 is 22.7 Å². The van der Waals surface area contributed by atoms with Crippen LogP contribution < -0.4 is 5.32 Å². The number of hydrogen-bond acceptors (Lipinski definition) is 2. The van der Waals surface area contributed by atoms with E-state index in [1.807, 2.05) is 23.2 Å². The van der Waals surface area contributed by atoms with Gasteiger partial charge in [-0.05, 0) is 24.5 Å². The van der Waals surface area contributed by atoms with Crippen LogP contribution in [0.1, 0.15) is 38.2 Å². The number of fused-ring (bicyclic) bond motifs is 1. The van der Waals surface area contributed by atoms with Gasteiger partial charge in [0.25, 0.3) is 0 Å². The molecule has 1 fully saturated rings. The summed E-state index contributed by atoms with van der Waals surface area (Å²) in [5, 5.41) is 4.18. The molecule has 0 saturated carbocycles. The second-order valence-corrected chi connectivity index (χ2v) is 6.85. The lowest BCUT2D eigenvalue weighted by molar-refractivity contribution is -0.129. The first-order valence-electron chi connectivity index (χ1n) is 9.29. The van der Waals surface area contributed by atoms with Gasteiger partial charge in [-0.25, -0.2) is 0 Å². The van der Waals surface area contributed by atoms with Crippen molar-refractivity contribution in [2.24, 2.45) is 5.92 Å². The summed E-state index contributed by atoms with van der Waals surface area (Å²) >= 11 is 0. The van der Waals surface area contributed by atoms with E-state index in [0.29, 0.717) is 26.1 Å². The zero-order valence-corrected chi connectivity index (χ0v) is 14.9. The molecule has 0 radical (unpaired) electrons. The summed E-state index contributed by atoms with van der Waals surface area (Å²) in [6.45, 7) is 4.07. The first-order valence-corrected chi connectivity index (χ1v) is 9.29. The fraction of sp³-hybridized carbons (Fsp3) is 0.500. The summed E-state index contributed by atoms with van der Waals surface area (Å²) in [5.74, 6) is -0.0790. The Morgan fingerprint density at radius 2 is 2.16 bits per heavy atom. The predicted octanol–water partition coefficient (Wildman–Crippen LogP) is 2.87. The number of rotatable bonds is 8. The number of nitrogens with one attached hydrogen (secondary N) is 2. The molecule has 1 aliphatic heterocycles. The van der Waals surface area contributed by atoms with Gasteiger partial charge < -0.3 is 15.2 Å². The van der Waals surface area contributed by atoms with Crippen LogP contribution in [0.2, 0.25) is 0 Å². The van der Waals surface area contributed by atoms with E-state index in [0.717, 1.165) is 31.2 Å². The topological polar surface area (TPSA) is 65.2 Å². The predicted molar refractivity (Wildman–Crippen MR) is 99.2 cm³/mol. The van der Waals surface area contributed by atoms with E-state index in [2.05, 4.69) is 29.4 Å². The van der Waals surface area contributed by atoms with E-state index < -0.39 is 0 Å². The number of hydrogen-bond donors (Lipinski definition) is 2. The van der Waals surface area contributed by atoms with Crippen molar-refractivity contribution in [1.29, 1.82) is 0 Å².